The molecule has 2 heteroatoms. The van der Waals surface area contributed by atoms with Crippen LogP contribution in [0.1, 0.15) is 63.5 Å². The van der Waals surface area contributed by atoms with E-state index < -0.39 is 0 Å². The Morgan fingerprint density at radius 2 is 2.04 bits per heavy atom. The van der Waals surface area contributed by atoms with Crippen LogP contribution in [-0.2, 0) is 6.42 Å². The van der Waals surface area contributed by atoms with Gasteiger partial charge in [-0.3, -0.25) is 0 Å². The van der Waals surface area contributed by atoms with Crippen LogP contribution in [-0.4, -0.2) is 16.3 Å². The summed E-state index contributed by atoms with van der Waals surface area (Å²) in [5.41, 5.74) is 4.14. The molecule has 0 aliphatic heterocycles. The fraction of sp³-hybridized carbons (Fsp3) is 0.636. The Morgan fingerprint density at radius 3 is 2.79 bits per heavy atom. The number of fused-ring (bicyclic) bond motifs is 5. The largest absolute Gasteiger partial charge is 0.508 e. The summed E-state index contributed by atoms with van der Waals surface area (Å²) < 4.78 is 0. The average molecular weight is 326 g/mol. The van der Waals surface area contributed by atoms with E-state index in [0.29, 0.717) is 29.4 Å². The molecule has 24 heavy (non-hydrogen) atoms. The zero-order valence-corrected chi connectivity index (χ0v) is 15.1. The van der Waals surface area contributed by atoms with Crippen molar-refractivity contribution in [3.05, 3.63) is 41.0 Å². The van der Waals surface area contributed by atoms with Gasteiger partial charge in [-0.15, -0.1) is 0 Å². The molecule has 4 rings (SSSR count). The van der Waals surface area contributed by atoms with E-state index in [0.717, 1.165) is 19.3 Å². The van der Waals surface area contributed by atoms with Gasteiger partial charge in [0.25, 0.3) is 0 Å². The number of phenolic OH excluding ortho intramolecular Hbond substituents is 1. The zero-order valence-electron chi connectivity index (χ0n) is 15.1. The molecule has 3 aliphatic carbocycles. The van der Waals surface area contributed by atoms with Gasteiger partial charge in [-0.2, -0.15) is 0 Å². The molecule has 2 saturated carbocycles. The molecule has 0 amide bonds. The minimum atomic E-state index is -0.257. The van der Waals surface area contributed by atoms with Gasteiger partial charge in [0.2, 0.25) is 0 Å². The Morgan fingerprint density at radius 1 is 1.25 bits per heavy atom. The van der Waals surface area contributed by atoms with Crippen LogP contribution in [0.2, 0.25) is 0 Å². The molecule has 3 unspecified atom stereocenters. The lowest BCUT2D eigenvalue weighted by molar-refractivity contribution is -0.0161. The summed E-state index contributed by atoms with van der Waals surface area (Å²) in [6.45, 7) is 6.73. The summed E-state index contributed by atoms with van der Waals surface area (Å²) >= 11 is 0. The van der Waals surface area contributed by atoms with Crippen LogP contribution in [0.3, 0.4) is 0 Å². The maximum Gasteiger partial charge on any atom is 0.115 e. The third-order valence-electron chi connectivity index (χ3n) is 7.13. The number of rotatable bonds is 1. The number of aliphatic hydroxyl groups excluding tert-OH is 1. The first-order valence-electron chi connectivity index (χ1n) is 9.60. The van der Waals surface area contributed by atoms with Gasteiger partial charge in [-0.05, 0) is 84.6 Å². The number of aryl methyl sites for hydroxylation is 1. The second kappa shape index (κ2) is 5.62. The normalized spacial score (nSPS) is 39.6. The summed E-state index contributed by atoms with van der Waals surface area (Å²) in [6, 6.07) is 5.97. The first kappa shape index (κ1) is 16.2. The molecule has 0 saturated heterocycles. The quantitative estimate of drug-likeness (QED) is 0.728. The SMILES string of the molecule is CC(C)/C=C1\CC2C3CCc4cc(O)ccc4C3CC[C@]2(C)[C@H]1O. The molecule has 0 aromatic heterocycles. The van der Waals surface area contributed by atoms with Crippen LogP contribution in [0.5, 0.6) is 5.75 Å². The smallest absolute Gasteiger partial charge is 0.115 e. The second-order valence-electron chi connectivity index (χ2n) is 8.94. The van der Waals surface area contributed by atoms with Gasteiger partial charge < -0.3 is 10.2 Å². The van der Waals surface area contributed by atoms with E-state index in [1.54, 1.807) is 0 Å². The molecule has 0 radical (unpaired) electrons. The molecule has 2 fully saturated rings. The highest BCUT2D eigenvalue weighted by molar-refractivity contribution is 5.40. The Hall–Kier alpha value is -1.28. The van der Waals surface area contributed by atoms with Crippen LogP contribution in [0.15, 0.2) is 29.8 Å². The summed E-state index contributed by atoms with van der Waals surface area (Å²) in [5.74, 6) is 2.78. The first-order chi connectivity index (χ1) is 11.4. The lowest BCUT2D eigenvalue weighted by atomic mass is 9.55. The average Bonchev–Trinajstić information content (AvgIpc) is 2.78. The molecule has 1 aromatic carbocycles. The highest BCUT2D eigenvalue weighted by atomic mass is 16.3. The fourth-order valence-corrected chi connectivity index (χ4v) is 6.02. The molecule has 0 bridgehead atoms. The number of aromatic hydroxyl groups is 1. The van der Waals surface area contributed by atoms with Crippen molar-refractivity contribution >= 4 is 0 Å². The molecule has 1 aromatic rings. The minimum Gasteiger partial charge on any atom is -0.508 e. The van der Waals surface area contributed by atoms with Gasteiger partial charge >= 0.3 is 0 Å². The van der Waals surface area contributed by atoms with Crippen LogP contribution in [0.4, 0.5) is 0 Å². The van der Waals surface area contributed by atoms with E-state index in [1.807, 2.05) is 12.1 Å². The lowest BCUT2D eigenvalue weighted by Gasteiger charge is -2.49. The van der Waals surface area contributed by atoms with Crippen molar-refractivity contribution < 1.29 is 10.2 Å². The van der Waals surface area contributed by atoms with Gasteiger partial charge in [0.15, 0.2) is 0 Å². The van der Waals surface area contributed by atoms with E-state index >= 15 is 0 Å². The Bertz CT molecular complexity index is 675. The van der Waals surface area contributed by atoms with Crippen molar-refractivity contribution in [1.29, 1.82) is 0 Å². The Kier molecular flexibility index (Phi) is 3.80. The summed E-state index contributed by atoms with van der Waals surface area (Å²) in [5, 5.41) is 20.8. The maximum absolute atomic E-state index is 11.0. The maximum atomic E-state index is 11.0. The first-order valence-corrected chi connectivity index (χ1v) is 9.60. The van der Waals surface area contributed by atoms with Crippen LogP contribution < -0.4 is 0 Å². The summed E-state index contributed by atoms with van der Waals surface area (Å²) in [7, 11) is 0. The molecular weight excluding hydrogens is 296 g/mol. The van der Waals surface area contributed by atoms with Gasteiger partial charge in [-0.25, -0.2) is 0 Å². The predicted octanol–water partition coefficient (Wildman–Crippen LogP) is 4.80. The van der Waals surface area contributed by atoms with Gasteiger partial charge in [0.05, 0.1) is 6.10 Å². The lowest BCUT2D eigenvalue weighted by Crippen LogP contribution is -2.44. The number of hydrogen-bond donors (Lipinski definition) is 2. The van der Waals surface area contributed by atoms with Crippen molar-refractivity contribution in [1.82, 2.24) is 0 Å². The van der Waals surface area contributed by atoms with E-state index in [4.69, 9.17) is 0 Å². The van der Waals surface area contributed by atoms with Crippen LogP contribution in [0.25, 0.3) is 0 Å². The molecule has 2 nitrogen and oxygen atoms in total. The Balaban J connectivity index is 1.69. The van der Waals surface area contributed by atoms with E-state index in [9.17, 15) is 10.2 Å². The monoisotopic (exact) mass is 326 g/mol. The van der Waals surface area contributed by atoms with Gasteiger partial charge in [0.1, 0.15) is 5.75 Å². The predicted molar refractivity (Wildman–Crippen MR) is 97.0 cm³/mol. The third-order valence-corrected chi connectivity index (χ3v) is 7.13. The summed E-state index contributed by atoms with van der Waals surface area (Å²) in [6.07, 6.45) is 7.66. The molecule has 2 N–H and O–H groups in total. The van der Waals surface area contributed by atoms with Crippen molar-refractivity contribution in [2.75, 3.05) is 0 Å². The van der Waals surface area contributed by atoms with E-state index in [2.05, 4.69) is 32.9 Å². The number of phenols is 1. The molecule has 5 atom stereocenters. The van der Waals surface area contributed by atoms with E-state index in [1.165, 1.54) is 29.5 Å². The zero-order chi connectivity index (χ0) is 17.1. The standard InChI is InChI=1S/C22H30O2/c1-13(2)10-15-12-20-19-6-4-14-11-16(23)5-7-17(14)18(19)8-9-22(20,3)21(15)24/h5,7,10-11,13,18-21,23-24H,4,6,8-9,12H2,1-3H3/b15-10+/t18?,19?,20?,21-,22-/m0/s1. The second-order valence-corrected chi connectivity index (χ2v) is 8.94. The molecule has 0 heterocycles. The van der Waals surface area contributed by atoms with Crippen molar-refractivity contribution in [2.45, 2.75) is 64.9 Å². The van der Waals surface area contributed by atoms with Crippen molar-refractivity contribution in [2.24, 2.45) is 23.2 Å². The van der Waals surface area contributed by atoms with Crippen molar-refractivity contribution in [3.63, 3.8) is 0 Å². The topological polar surface area (TPSA) is 40.5 Å². The van der Waals surface area contributed by atoms with E-state index in [-0.39, 0.29) is 11.5 Å². The fourth-order valence-electron chi connectivity index (χ4n) is 6.02. The highest BCUT2D eigenvalue weighted by Gasteiger charge is 2.56. The molecule has 0 spiro atoms. The minimum absolute atomic E-state index is 0.0519. The molecule has 130 valence electrons. The van der Waals surface area contributed by atoms with Gasteiger partial charge in [0, 0.05) is 5.41 Å². The Labute approximate surface area is 145 Å². The van der Waals surface area contributed by atoms with Crippen LogP contribution >= 0.6 is 0 Å². The highest BCUT2D eigenvalue weighted by Crippen LogP contribution is 2.62. The number of benzene rings is 1. The number of allylic oxidation sites excluding steroid dienone is 1. The van der Waals surface area contributed by atoms with Crippen LogP contribution in [0, 0.1) is 23.2 Å². The molecule has 3 aliphatic rings. The van der Waals surface area contributed by atoms with Gasteiger partial charge in [-0.1, -0.05) is 32.9 Å². The molecular formula is C22H30O2. The third kappa shape index (κ3) is 2.34. The number of aliphatic hydroxyl groups is 1. The summed E-state index contributed by atoms with van der Waals surface area (Å²) in [4.78, 5) is 0. The van der Waals surface area contributed by atoms with Crippen molar-refractivity contribution in [3.8, 4) is 5.75 Å². The number of hydrogen-bond acceptors (Lipinski definition) is 2.